The van der Waals surface area contributed by atoms with Gasteiger partial charge in [0.15, 0.2) is 6.29 Å². The zero-order valence-corrected chi connectivity index (χ0v) is 19.1. The van der Waals surface area contributed by atoms with Crippen molar-refractivity contribution < 1.29 is 19.3 Å². The molecule has 0 radical (unpaired) electrons. The Bertz CT molecular complexity index is 1110. The number of nitrogens with zero attached hydrogens (tertiary/aromatic N) is 4. The number of nitrogen functional groups attached to an aromatic ring is 2. The van der Waals surface area contributed by atoms with Crippen LogP contribution in [-0.2, 0) is 14.2 Å². The lowest BCUT2D eigenvalue weighted by Crippen LogP contribution is -2.33. The van der Waals surface area contributed by atoms with Crippen LogP contribution in [0.2, 0.25) is 5.02 Å². The van der Waals surface area contributed by atoms with E-state index in [1.54, 1.807) is 6.20 Å². The number of rotatable bonds is 6. The van der Waals surface area contributed by atoms with Gasteiger partial charge >= 0.3 is 11.4 Å². The Morgan fingerprint density at radius 3 is 2.47 bits per heavy atom. The number of anilines is 2. The molecule has 174 valence electrons. The van der Waals surface area contributed by atoms with Gasteiger partial charge in [-0.2, -0.15) is 9.97 Å². The van der Waals surface area contributed by atoms with Crippen molar-refractivity contribution >= 4 is 39.2 Å². The van der Waals surface area contributed by atoms with Gasteiger partial charge in [0, 0.05) is 12.4 Å². The molecule has 5 atom stereocenters. The van der Waals surface area contributed by atoms with Gasteiger partial charge in [0.1, 0.15) is 30.2 Å². The van der Waals surface area contributed by atoms with Gasteiger partial charge in [0.05, 0.1) is 22.2 Å². The van der Waals surface area contributed by atoms with Crippen LogP contribution in [0, 0.1) is 0 Å². The van der Waals surface area contributed by atoms with Crippen LogP contribution in [0.5, 0.6) is 0 Å². The summed E-state index contributed by atoms with van der Waals surface area (Å²) in [5.74, 6) is 0.0616. The van der Waals surface area contributed by atoms with Gasteiger partial charge in [-0.3, -0.25) is 9.13 Å². The van der Waals surface area contributed by atoms with E-state index in [1.165, 1.54) is 15.3 Å². The number of hydrogen-bond acceptors (Lipinski definition) is 10. The number of aliphatic hydroxyl groups excluding tert-OH is 1. The van der Waals surface area contributed by atoms with Crippen LogP contribution in [0.25, 0.3) is 0 Å². The molecule has 0 saturated carbocycles. The SMILES string of the molecule is Nc1nc(=O)n([C@H]2CC[C@@H](C(O)OC[C@@H]3CC[C@H](n4cc(Br)c(N)nc4=O)O3)O2)cc1Cl. The molecule has 4 heterocycles. The predicted octanol–water partition coefficient (Wildman–Crippen LogP) is 0.771. The number of aliphatic hydroxyl groups is 1. The van der Waals surface area contributed by atoms with Crippen molar-refractivity contribution in [1.29, 1.82) is 0 Å². The molecule has 0 bridgehead atoms. The topological polar surface area (TPSA) is 170 Å². The second-order valence-electron chi connectivity index (χ2n) is 7.55. The minimum Gasteiger partial charge on any atom is -0.383 e. The third-order valence-electron chi connectivity index (χ3n) is 5.37. The molecule has 0 amide bonds. The molecule has 0 aliphatic carbocycles. The van der Waals surface area contributed by atoms with E-state index in [1.807, 2.05) is 0 Å². The maximum absolute atomic E-state index is 12.1. The molecule has 32 heavy (non-hydrogen) atoms. The second-order valence-corrected chi connectivity index (χ2v) is 8.81. The molecule has 14 heteroatoms. The van der Waals surface area contributed by atoms with Gasteiger partial charge in [-0.15, -0.1) is 0 Å². The van der Waals surface area contributed by atoms with Gasteiger partial charge in [-0.1, -0.05) is 11.6 Å². The summed E-state index contributed by atoms with van der Waals surface area (Å²) in [6, 6.07) is 0. The van der Waals surface area contributed by atoms with Crippen molar-refractivity contribution in [3.63, 3.8) is 0 Å². The van der Waals surface area contributed by atoms with Gasteiger partial charge in [0.25, 0.3) is 0 Å². The number of halogens is 2. The number of hydrogen-bond donors (Lipinski definition) is 3. The molecular weight excluding hydrogens is 512 g/mol. The lowest BCUT2D eigenvalue weighted by Gasteiger charge is -2.22. The Morgan fingerprint density at radius 2 is 1.72 bits per heavy atom. The van der Waals surface area contributed by atoms with Crippen LogP contribution in [0.4, 0.5) is 11.6 Å². The molecule has 0 aromatic carbocycles. The van der Waals surface area contributed by atoms with Crippen LogP contribution in [0.1, 0.15) is 38.1 Å². The average Bonchev–Trinajstić information content (AvgIpc) is 3.41. The van der Waals surface area contributed by atoms with Gasteiger partial charge in [-0.25, -0.2) is 9.59 Å². The fourth-order valence-electron chi connectivity index (χ4n) is 3.71. The maximum atomic E-state index is 12.1. The molecule has 12 nitrogen and oxygen atoms in total. The highest BCUT2D eigenvalue weighted by Crippen LogP contribution is 2.32. The number of aromatic nitrogens is 4. The summed E-state index contributed by atoms with van der Waals surface area (Å²) in [5.41, 5.74) is 10.1. The van der Waals surface area contributed by atoms with E-state index < -0.39 is 36.2 Å². The first kappa shape index (κ1) is 23.1. The summed E-state index contributed by atoms with van der Waals surface area (Å²) in [4.78, 5) is 31.5. The molecule has 2 aromatic rings. The van der Waals surface area contributed by atoms with Crippen molar-refractivity contribution in [1.82, 2.24) is 19.1 Å². The molecule has 0 spiro atoms. The van der Waals surface area contributed by atoms with Crippen molar-refractivity contribution in [3.8, 4) is 0 Å². The maximum Gasteiger partial charge on any atom is 0.351 e. The Balaban J connectivity index is 1.30. The monoisotopic (exact) mass is 532 g/mol. The molecule has 2 aromatic heterocycles. The van der Waals surface area contributed by atoms with E-state index in [4.69, 9.17) is 37.3 Å². The molecule has 4 rings (SSSR count). The zero-order valence-electron chi connectivity index (χ0n) is 16.8. The minimum absolute atomic E-state index is 0.0509. The van der Waals surface area contributed by atoms with Crippen LogP contribution in [0.3, 0.4) is 0 Å². The largest absolute Gasteiger partial charge is 0.383 e. The van der Waals surface area contributed by atoms with E-state index in [9.17, 15) is 14.7 Å². The van der Waals surface area contributed by atoms with Crippen molar-refractivity contribution in [2.45, 2.75) is 56.6 Å². The van der Waals surface area contributed by atoms with Crippen molar-refractivity contribution in [2.75, 3.05) is 18.1 Å². The summed E-state index contributed by atoms with van der Waals surface area (Å²) in [6.07, 6.45) is 1.75. The van der Waals surface area contributed by atoms with Gasteiger partial charge in [-0.05, 0) is 41.6 Å². The fourth-order valence-corrected chi connectivity index (χ4v) is 4.17. The van der Waals surface area contributed by atoms with Crippen molar-refractivity contribution in [2.24, 2.45) is 0 Å². The van der Waals surface area contributed by atoms with Crippen LogP contribution >= 0.6 is 27.5 Å². The zero-order chi connectivity index (χ0) is 23.0. The normalized spacial score (nSPS) is 26.5. The van der Waals surface area contributed by atoms with E-state index in [0.717, 1.165) is 0 Å². The predicted molar refractivity (Wildman–Crippen MR) is 117 cm³/mol. The van der Waals surface area contributed by atoms with Crippen LogP contribution in [-0.4, -0.2) is 49.3 Å². The molecular formula is C18H22BrClN6O6. The highest BCUT2D eigenvalue weighted by molar-refractivity contribution is 9.10. The lowest BCUT2D eigenvalue weighted by molar-refractivity contribution is -0.195. The Labute approximate surface area is 195 Å². The van der Waals surface area contributed by atoms with Crippen molar-refractivity contribution in [3.05, 3.63) is 42.9 Å². The molecule has 2 aliphatic heterocycles. The summed E-state index contributed by atoms with van der Waals surface area (Å²) in [7, 11) is 0. The van der Waals surface area contributed by atoms with E-state index in [2.05, 4.69) is 25.9 Å². The molecule has 2 fully saturated rings. The van der Waals surface area contributed by atoms with E-state index in [-0.39, 0.29) is 29.4 Å². The fraction of sp³-hybridized carbons (Fsp3) is 0.556. The van der Waals surface area contributed by atoms with Gasteiger partial charge in [0.2, 0.25) is 0 Å². The standard InChI is InChI=1S/C18H22BrClN6O6/c19-9-5-25(17(28)23-14(9)21)12-3-1-8(31-12)7-30-16(27)11-2-4-13(32-11)26-6-10(20)15(22)24-18(26)29/h5-6,8,11-13,16,27H,1-4,7H2,(H2,21,23,28)(H2,22,24,29)/t8-,11-,12+,13+,16?/m0/s1. The minimum atomic E-state index is -1.22. The third-order valence-corrected chi connectivity index (χ3v) is 6.28. The Kier molecular flexibility index (Phi) is 6.83. The molecule has 5 N–H and O–H groups in total. The van der Waals surface area contributed by atoms with Crippen LogP contribution in [0.15, 0.2) is 26.5 Å². The summed E-state index contributed by atoms with van der Waals surface area (Å²) >= 11 is 9.19. The molecule has 2 aliphatic rings. The van der Waals surface area contributed by atoms with E-state index >= 15 is 0 Å². The number of ether oxygens (including phenoxy) is 3. The van der Waals surface area contributed by atoms with E-state index in [0.29, 0.717) is 30.2 Å². The number of nitrogens with two attached hydrogens (primary N) is 2. The molecule has 2 saturated heterocycles. The highest BCUT2D eigenvalue weighted by Gasteiger charge is 2.35. The highest BCUT2D eigenvalue weighted by atomic mass is 79.9. The lowest BCUT2D eigenvalue weighted by atomic mass is 10.2. The smallest absolute Gasteiger partial charge is 0.351 e. The average molecular weight is 534 g/mol. The molecule has 1 unspecified atom stereocenters. The first-order chi connectivity index (χ1) is 15.2. The second kappa shape index (κ2) is 9.45. The van der Waals surface area contributed by atoms with Gasteiger partial charge < -0.3 is 30.8 Å². The Hall–Kier alpha value is -2.03. The Morgan fingerprint density at radius 1 is 1.09 bits per heavy atom. The summed E-state index contributed by atoms with van der Waals surface area (Å²) in [5, 5.41) is 10.5. The third kappa shape index (κ3) is 4.82. The summed E-state index contributed by atoms with van der Waals surface area (Å²) in [6.45, 7) is 0.107. The van der Waals surface area contributed by atoms with Crippen LogP contribution < -0.4 is 22.8 Å². The quantitative estimate of drug-likeness (QED) is 0.451. The first-order valence-electron chi connectivity index (χ1n) is 9.92. The first-order valence-corrected chi connectivity index (χ1v) is 11.1. The summed E-state index contributed by atoms with van der Waals surface area (Å²) < 4.78 is 20.3.